The number of carbonyl (C=O) groups is 1. The minimum atomic E-state index is -4.82. The molecule has 2 aliphatic rings. The Morgan fingerprint density at radius 3 is 2.46 bits per heavy atom. The number of carbonyl (C=O) groups excluding carboxylic acids is 1. The Morgan fingerprint density at radius 1 is 1.31 bits per heavy atom. The van der Waals surface area contributed by atoms with Crippen LogP contribution in [0.25, 0.3) is 6.08 Å². The fraction of sp³-hybridized carbons (Fsp3) is 0.550. The van der Waals surface area contributed by atoms with Crippen LogP contribution >= 0.6 is 0 Å². The molecule has 0 aromatic heterocycles. The number of amides is 1. The van der Waals surface area contributed by atoms with Crippen molar-refractivity contribution < 1.29 is 18.0 Å². The van der Waals surface area contributed by atoms with Gasteiger partial charge in [0, 0.05) is 37.0 Å². The van der Waals surface area contributed by atoms with Crippen LogP contribution in [0.5, 0.6) is 0 Å². The maximum atomic E-state index is 13.1. The average Bonchev–Trinajstić information content (AvgIpc) is 3.35. The van der Waals surface area contributed by atoms with Crippen molar-refractivity contribution in [3.8, 4) is 0 Å². The van der Waals surface area contributed by atoms with Crippen molar-refractivity contribution in [2.75, 3.05) is 19.6 Å². The number of alkyl halides is 3. The van der Waals surface area contributed by atoms with E-state index >= 15 is 0 Å². The SMILES string of the molecule is CC/C(=C\c1ccccc1)C1CC1N(CC1(C)CNC1)C(=O)C(F)(F)F. The molecular formula is C20H25F3N2O. The summed E-state index contributed by atoms with van der Waals surface area (Å²) in [6.07, 6.45) is -1.40. The van der Waals surface area contributed by atoms with Crippen molar-refractivity contribution >= 4 is 12.0 Å². The third-order valence-electron chi connectivity index (χ3n) is 5.35. The molecule has 1 saturated carbocycles. The van der Waals surface area contributed by atoms with Gasteiger partial charge in [-0.1, -0.05) is 55.8 Å². The van der Waals surface area contributed by atoms with Gasteiger partial charge in [0.25, 0.3) is 0 Å². The molecule has 2 atom stereocenters. The summed E-state index contributed by atoms with van der Waals surface area (Å²) in [7, 11) is 0. The molecule has 2 unspecified atom stereocenters. The average molecular weight is 366 g/mol. The number of rotatable bonds is 6. The van der Waals surface area contributed by atoms with Gasteiger partial charge in [0.05, 0.1) is 0 Å². The van der Waals surface area contributed by atoms with Crippen LogP contribution in [0.2, 0.25) is 0 Å². The van der Waals surface area contributed by atoms with E-state index in [0.29, 0.717) is 19.5 Å². The lowest BCUT2D eigenvalue weighted by Crippen LogP contribution is -2.59. The Kier molecular flexibility index (Phi) is 5.15. The zero-order valence-corrected chi connectivity index (χ0v) is 15.1. The first kappa shape index (κ1) is 19.0. The molecule has 142 valence electrons. The molecule has 0 bridgehead atoms. The first-order valence-corrected chi connectivity index (χ1v) is 9.07. The zero-order valence-electron chi connectivity index (χ0n) is 15.1. The van der Waals surface area contributed by atoms with E-state index in [2.05, 4.69) is 5.32 Å². The van der Waals surface area contributed by atoms with Gasteiger partial charge in [-0.15, -0.1) is 0 Å². The molecule has 2 fully saturated rings. The van der Waals surface area contributed by atoms with Crippen molar-refractivity contribution in [1.82, 2.24) is 10.2 Å². The van der Waals surface area contributed by atoms with Crippen molar-refractivity contribution in [2.45, 2.75) is 38.9 Å². The van der Waals surface area contributed by atoms with Crippen LogP contribution in [-0.2, 0) is 4.79 Å². The summed E-state index contributed by atoms with van der Waals surface area (Å²) in [6, 6.07) is 9.41. The van der Waals surface area contributed by atoms with E-state index in [4.69, 9.17) is 0 Å². The van der Waals surface area contributed by atoms with Gasteiger partial charge in [-0.25, -0.2) is 0 Å². The van der Waals surface area contributed by atoms with Crippen LogP contribution in [0.1, 0.15) is 32.3 Å². The molecule has 1 aromatic carbocycles. The lowest BCUT2D eigenvalue weighted by atomic mass is 9.83. The molecule has 26 heavy (non-hydrogen) atoms. The Hall–Kier alpha value is -1.82. The van der Waals surface area contributed by atoms with Crippen LogP contribution in [0.4, 0.5) is 13.2 Å². The minimum Gasteiger partial charge on any atom is -0.331 e. The predicted octanol–water partition coefficient (Wildman–Crippen LogP) is 3.87. The van der Waals surface area contributed by atoms with Crippen LogP contribution in [0.15, 0.2) is 35.9 Å². The van der Waals surface area contributed by atoms with Gasteiger partial charge in [-0.3, -0.25) is 4.79 Å². The summed E-state index contributed by atoms with van der Waals surface area (Å²) in [4.78, 5) is 13.1. The minimum absolute atomic E-state index is 0.0168. The van der Waals surface area contributed by atoms with E-state index in [1.165, 1.54) is 0 Å². The molecule has 3 nitrogen and oxygen atoms in total. The highest BCUT2D eigenvalue weighted by atomic mass is 19.4. The second-order valence-corrected chi connectivity index (χ2v) is 7.74. The fourth-order valence-electron chi connectivity index (χ4n) is 3.74. The van der Waals surface area contributed by atoms with Crippen molar-refractivity contribution in [3.05, 3.63) is 41.5 Å². The van der Waals surface area contributed by atoms with Crippen LogP contribution in [-0.4, -0.2) is 42.7 Å². The summed E-state index contributed by atoms with van der Waals surface area (Å²) < 4.78 is 39.4. The highest BCUT2D eigenvalue weighted by Gasteiger charge is 2.54. The number of nitrogens with zero attached hydrogens (tertiary/aromatic N) is 1. The van der Waals surface area contributed by atoms with Gasteiger partial charge in [0.1, 0.15) is 0 Å². The quantitative estimate of drug-likeness (QED) is 0.829. The van der Waals surface area contributed by atoms with E-state index in [1.807, 2.05) is 50.3 Å². The molecule has 0 spiro atoms. The second kappa shape index (κ2) is 7.06. The standard InChI is InChI=1S/C20H25F3N2O/c1-3-15(9-14-7-5-4-6-8-14)16-10-17(16)25(18(26)20(21,22)23)13-19(2)11-24-12-19/h4-9,16-17,24H,3,10-13H2,1-2H3/b15-9+. The number of benzene rings is 1. The smallest absolute Gasteiger partial charge is 0.331 e. The first-order valence-electron chi connectivity index (χ1n) is 9.07. The van der Waals surface area contributed by atoms with Gasteiger partial charge in [0.15, 0.2) is 0 Å². The number of hydrogen-bond acceptors (Lipinski definition) is 2. The van der Waals surface area contributed by atoms with E-state index in [-0.39, 0.29) is 23.9 Å². The summed E-state index contributed by atoms with van der Waals surface area (Å²) >= 11 is 0. The van der Waals surface area contributed by atoms with Crippen molar-refractivity contribution in [2.24, 2.45) is 11.3 Å². The van der Waals surface area contributed by atoms with Crippen molar-refractivity contribution in [1.29, 1.82) is 0 Å². The van der Waals surface area contributed by atoms with Crippen LogP contribution in [0, 0.1) is 11.3 Å². The van der Waals surface area contributed by atoms with E-state index < -0.39 is 12.1 Å². The van der Waals surface area contributed by atoms with E-state index in [0.717, 1.165) is 22.5 Å². The molecule has 1 aliphatic carbocycles. The Morgan fingerprint density at radius 2 is 1.96 bits per heavy atom. The molecule has 1 amide bonds. The fourth-order valence-corrected chi connectivity index (χ4v) is 3.74. The Bertz CT molecular complexity index is 680. The number of nitrogens with one attached hydrogen (secondary N) is 1. The Labute approximate surface area is 152 Å². The topological polar surface area (TPSA) is 32.3 Å². The maximum absolute atomic E-state index is 13.1. The molecule has 6 heteroatoms. The van der Waals surface area contributed by atoms with E-state index in [1.54, 1.807) is 0 Å². The third-order valence-corrected chi connectivity index (χ3v) is 5.35. The normalized spacial score (nSPS) is 24.7. The molecule has 0 radical (unpaired) electrons. The lowest BCUT2D eigenvalue weighted by Gasteiger charge is -2.43. The summed E-state index contributed by atoms with van der Waals surface area (Å²) in [5.41, 5.74) is 1.88. The first-order chi connectivity index (χ1) is 12.2. The van der Waals surface area contributed by atoms with Gasteiger partial charge < -0.3 is 10.2 Å². The predicted molar refractivity (Wildman–Crippen MR) is 95.3 cm³/mol. The summed E-state index contributed by atoms with van der Waals surface area (Å²) in [5, 5.41) is 3.09. The zero-order chi connectivity index (χ0) is 18.9. The molecule has 1 aromatic rings. The van der Waals surface area contributed by atoms with Gasteiger partial charge in [0.2, 0.25) is 0 Å². The second-order valence-electron chi connectivity index (χ2n) is 7.74. The highest BCUT2D eigenvalue weighted by molar-refractivity contribution is 5.82. The highest BCUT2D eigenvalue weighted by Crippen LogP contribution is 2.45. The number of hydrogen-bond donors (Lipinski definition) is 1. The van der Waals surface area contributed by atoms with Gasteiger partial charge in [-0.2, -0.15) is 13.2 Å². The largest absolute Gasteiger partial charge is 0.471 e. The van der Waals surface area contributed by atoms with Gasteiger partial charge in [-0.05, 0) is 18.4 Å². The van der Waals surface area contributed by atoms with E-state index in [9.17, 15) is 18.0 Å². The molecule has 1 heterocycles. The van der Waals surface area contributed by atoms with Crippen LogP contribution < -0.4 is 5.32 Å². The lowest BCUT2D eigenvalue weighted by molar-refractivity contribution is -0.188. The Balaban J connectivity index is 1.78. The molecule has 1 N–H and O–H groups in total. The molecular weight excluding hydrogens is 341 g/mol. The maximum Gasteiger partial charge on any atom is 0.471 e. The number of halogens is 3. The summed E-state index contributed by atoms with van der Waals surface area (Å²) in [5.74, 6) is -1.68. The third kappa shape index (κ3) is 4.11. The van der Waals surface area contributed by atoms with Crippen LogP contribution in [0.3, 0.4) is 0 Å². The monoisotopic (exact) mass is 366 g/mol. The molecule has 1 saturated heterocycles. The van der Waals surface area contributed by atoms with Crippen molar-refractivity contribution in [3.63, 3.8) is 0 Å². The summed E-state index contributed by atoms with van der Waals surface area (Å²) in [6.45, 7) is 5.39. The molecule has 1 aliphatic heterocycles. The van der Waals surface area contributed by atoms with Gasteiger partial charge >= 0.3 is 12.1 Å². The molecule has 3 rings (SSSR count).